The number of hydrogen-bond acceptors (Lipinski definition) is 5. The highest BCUT2D eigenvalue weighted by molar-refractivity contribution is 5.72. The predicted octanol–water partition coefficient (Wildman–Crippen LogP) is 2.31. The van der Waals surface area contributed by atoms with Crippen LogP contribution in [0.5, 0.6) is 17.4 Å². The molecule has 2 aromatic rings. The van der Waals surface area contributed by atoms with Gasteiger partial charge in [0.15, 0.2) is 17.6 Å². The Hall–Kier alpha value is -2.76. The van der Waals surface area contributed by atoms with Crippen LogP contribution in [0.1, 0.15) is 6.92 Å². The van der Waals surface area contributed by atoms with Gasteiger partial charge in [-0.05, 0) is 31.2 Å². The van der Waals surface area contributed by atoms with E-state index in [1.54, 1.807) is 42.6 Å². The van der Waals surface area contributed by atoms with Crippen LogP contribution in [0.25, 0.3) is 0 Å². The number of para-hydroxylation sites is 2. The van der Waals surface area contributed by atoms with Crippen LogP contribution in [0.4, 0.5) is 5.69 Å². The average Bonchev–Trinajstić information content (AvgIpc) is 2.43. The fraction of sp³-hybridized carbons (Fsp3) is 0.143. The summed E-state index contributed by atoms with van der Waals surface area (Å²) in [6.45, 7) is 1.44. The molecule has 6 heteroatoms. The molecule has 0 aliphatic carbocycles. The number of rotatable bonds is 5. The fourth-order valence-corrected chi connectivity index (χ4v) is 1.47. The van der Waals surface area contributed by atoms with Crippen molar-refractivity contribution in [1.82, 2.24) is 4.98 Å². The van der Waals surface area contributed by atoms with E-state index in [1.807, 2.05) is 0 Å². The molecule has 1 unspecified atom stereocenters. The highest BCUT2D eigenvalue weighted by Gasteiger charge is 2.16. The molecule has 20 heavy (non-hydrogen) atoms. The van der Waals surface area contributed by atoms with Crippen LogP contribution in [-0.2, 0) is 4.79 Å². The summed E-state index contributed by atoms with van der Waals surface area (Å²) in [4.78, 5) is 14.8. The lowest BCUT2D eigenvalue weighted by molar-refractivity contribution is -0.144. The number of aromatic nitrogens is 1. The number of carboxylic acids is 1. The first-order chi connectivity index (χ1) is 9.58. The lowest BCUT2D eigenvalue weighted by atomic mass is 10.3. The van der Waals surface area contributed by atoms with Crippen molar-refractivity contribution in [2.45, 2.75) is 13.0 Å². The summed E-state index contributed by atoms with van der Waals surface area (Å²) >= 11 is 0. The maximum atomic E-state index is 10.8. The second-order valence-corrected chi connectivity index (χ2v) is 4.04. The molecule has 1 aromatic heterocycles. The summed E-state index contributed by atoms with van der Waals surface area (Å²) in [7, 11) is 0. The number of nitrogens with zero attached hydrogens (tertiary/aromatic N) is 1. The average molecular weight is 274 g/mol. The summed E-state index contributed by atoms with van der Waals surface area (Å²) in [6.07, 6.45) is 0.565. The second-order valence-electron chi connectivity index (χ2n) is 4.04. The molecule has 0 aliphatic rings. The number of pyridine rings is 1. The van der Waals surface area contributed by atoms with Gasteiger partial charge >= 0.3 is 5.97 Å². The van der Waals surface area contributed by atoms with Gasteiger partial charge in [0.1, 0.15) is 0 Å². The van der Waals surface area contributed by atoms with E-state index in [4.69, 9.17) is 20.3 Å². The molecule has 0 spiro atoms. The largest absolute Gasteiger partial charge is 0.479 e. The standard InChI is InChI=1S/C14H14N2O4/c1-9(14(17)18)19-11-6-2-3-7-12(11)20-13-10(15)5-4-8-16-13/h2-9H,15H2,1H3,(H,17,18). The Morgan fingerprint density at radius 3 is 2.60 bits per heavy atom. The predicted molar refractivity (Wildman–Crippen MR) is 72.9 cm³/mol. The van der Waals surface area contributed by atoms with Crippen molar-refractivity contribution >= 4 is 11.7 Å². The van der Waals surface area contributed by atoms with Crippen molar-refractivity contribution in [3.63, 3.8) is 0 Å². The van der Waals surface area contributed by atoms with Crippen molar-refractivity contribution in [1.29, 1.82) is 0 Å². The molecular formula is C14H14N2O4. The molecule has 3 N–H and O–H groups in total. The van der Waals surface area contributed by atoms with Crippen LogP contribution < -0.4 is 15.2 Å². The van der Waals surface area contributed by atoms with E-state index in [-0.39, 0.29) is 5.88 Å². The van der Waals surface area contributed by atoms with Crippen molar-refractivity contribution < 1.29 is 19.4 Å². The minimum atomic E-state index is -1.06. The van der Waals surface area contributed by atoms with E-state index in [0.717, 1.165) is 0 Å². The summed E-state index contributed by atoms with van der Waals surface area (Å²) in [5.41, 5.74) is 6.13. The maximum absolute atomic E-state index is 10.8. The molecule has 2 rings (SSSR count). The number of carboxylic acid groups (broad SMARTS) is 1. The molecule has 0 saturated carbocycles. The third-order valence-corrected chi connectivity index (χ3v) is 2.51. The van der Waals surface area contributed by atoms with Gasteiger partial charge in [-0.3, -0.25) is 0 Å². The molecule has 0 saturated heterocycles. The quantitative estimate of drug-likeness (QED) is 0.868. The molecule has 0 bridgehead atoms. The van der Waals surface area contributed by atoms with Gasteiger partial charge in [-0.1, -0.05) is 12.1 Å². The summed E-state index contributed by atoms with van der Waals surface area (Å²) < 4.78 is 10.9. The van der Waals surface area contributed by atoms with Gasteiger partial charge < -0.3 is 20.3 Å². The minimum absolute atomic E-state index is 0.242. The van der Waals surface area contributed by atoms with Crippen molar-refractivity contribution in [2.24, 2.45) is 0 Å². The lowest BCUT2D eigenvalue weighted by Crippen LogP contribution is -2.23. The maximum Gasteiger partial charge on any atom is 0.344 e. The van der Waals surface area contributed by atoms with Gasteiger partial charge in [-0.15, -0.1) is 0 Å². The molecule has 0 aliphatic heterocycles. The first-order valence-electron chi connectivity index (χ1n) is 5.95. The van der Waals surface area contributed by atoms with Gasteiger partial charge in [-0.2, -0.15) is 0 Å². The number of hydrogen-bond donors (Lipinski definition) is 2. The van der Waals surface area contributed by atoms with E-state index in [2.05, 4.69) is 4.98 Å². The third-order valence-electron chi connectivity index (χ3n) is 2.51. The Morgan fingerprint density at radius 2 is 1.95 bits per heavy atom. The van der Waals surface area contributed by atoms with Crippen molar-refractivity contribution in [3.8, 4) is 17.4 Å². The Balaban J connectivity index is 2.24. The minimum Gasteiger partial charge on any atom is -0.479 e. The smallest absolute Gasteiger partial charge is 0.344 e. The zero-order valence-electron chi connectivity index (χ0n) is 10.8. The Kier molecular flexibility index (Phi) is 4.05. The summed E-state index contributed by atoms with van der Waals surface area (Å²) in [6, 6.07) is 10.1. The number of benzene rings is 1. The van der Waals surface area contributed by atoms with Crippen LogP contribution >= 0.6 is 0 Å². The molecule has 1 heterocycles. The number of nitrogen functional groups attached to an aromatic ring is 1. The van der Waals surface area contributed by atoms with E-state index in [1.165, 1.54) is 6.92 Å². The monoisotopic (exact) mass is 274 g/mol. The second kappa shape index (κ2) is 5.92. The summed E-state index contributed by atoms with van der Waals surface area (Å²) in [5, 5.41) is 8.87. The highest BCUT2D eigenvalue weighted by atomic mass is 16.5. The van der Waals surface area contributed by atoms with Gasteiger partial charge in [0.25, 0.3) is 0 Å². The SMILES string of the molecule is CC(Oc1ccccc1Oc1ncccc1N)C(=O)O. The van der Waals surface area contributed by atoms with Crippen LogP contribution in [-0.4, -0.2) is 22.2 Å². The molecule has 0 amide bonds. The van der Waals surface area contributed by atoms with Gasteiger partial charge in [-0.25, -0.2) is 9.78 Å². The van der Waals surface area contributed by atoms with Crippen LogP contribution in [0.15, 0.2) is 42.6 Å². The molecule has 1 atom stereocenters. The number of nitrogens with two attached hydrogens (primary N) is 1. The van der Waals surface area contributed by atoms with Crippen LogP contribution in [0, 0.1) is 0 Å². The van der Waals surface area contributed by atoms with E-state index in [0.29, 0.717) is 17.2 Å². The fourth-order valence-electron chi connectivity index (χ4n) is 1.47. The van der Waals surface area contributed by atoms with Crippen LogP contribution in [0.3, 0.4) is 0 Å². The molecule has 6 nitrogen and oxygen atoms in total. The van der Waals surface area contributed by atoms with Gasteiger partial charge in [0.2, 0.25) is 5.88 Å². The molecular weight excluding hydrogens is 260 g/mol. The Bertz CT molecular complexity index is 616. The zero-order valence-corrected chi connectivity index (χ0v) is 10.8. The molecule has 0 fully saturated rings. The van der Waals surface area contributed by atoms with Gasteiger partial charge in [0.05, 0.1) is 5.69 Å². The number of ether oxygens (including phenoxy) is 2. The van der Waals surface area contributed by atoms with Gasteiger partial charge in [0, 0.05) is 6.20 Å². The van der Waals surface area contributed by atoms with Crippen molar-refractivity contribution in [2.75, 3.05) is 5.73 Å². The molecule has 104 valence electrons. The Labute approximate surface area is 115 Å². The number of carbonyl (C=O) groups is 1. The summed E-state index contributed by atoms with van der Waals surface area (Å²) in [5.74, 6) is -0.151. The van der Waals surface area contributed by atoms with E-state index < -0.39 is 12.1 Å². The number of aliphatic carboxylic acids is 1. The highest BCUT2D eigenvalue weighted by Crippen LogP contribution is 2.33. The van der Waals surface area contributed by atoms with E-state index in [9.17, 15) is 4.79 Å². The normalized spacial score (nSPS) is 11.7. The molecule has 0 radical (unpaired) electrons. The first kappa shape index (κ1) is 13.7. The lowest BCUT2D eigenvalue weighted by Gasteiger charge is -2.14. The van der Waals surface area contributed by atoms with Crippen molar-refractivity contribution in [3.05, 3.63) is 42.6 Å². The zero-order chi connectivity index (χ0) is 14.5. The topological polar surface area (TPSA) is 94.7 Å². The van der Waals surface area contributed by atoms with Crippen LogP contribution in [0.2, 0.25) is 0 Å². The number of anilines is 1. The first-order valence-corrected chi connectivity index (χ1v) is 5.95. The molecule has 1 aromatic carbocycles. The Morgan fingerprint density at radius 1 is 1.25 bits per heavy atom. The van der Waals surface area contributed by atoms with E-state index >= 15 is 0 Å². The third kappa shape index (κ3) is 3.17.